The second kappa shape index (κ2) is 2.78. The van der Waals surface area contributed by atoms with E-state index in [0.717, 1.165) is 0 Å². The van der Waals surface area contributed by atoms with Gasteiger partial charge in [0, 0.05) is 12.5 Å². The zero-order valence-electron chi connectivity index (χ0n) is 5.05. The maximum Gasteiger partial charge on any atom is 0.118 e. The summed E-state index contributed by atoms with van der Waals surface area (Å²) in [6.07, 6.45) is 5.19. The van der Waals surface area contributed by atoms with Gasteiger partial charge in [0.2, 0.25) is 0 Å². The summed E-state index contributed by atoms with van der Waals surface area (Å²) >= 11 is 0. The third-order valence-electron chi connectivity index (χ3n) is 1.38. The van der Waals surface area contributed by atoms with Crippen LogP contribution in [0.5, 0.6) is 0 Å². The van der Waals surface area contributed by atoms with E-state index in [1.165, 1.54) is 12.2 Å². The summed E-state index contributed by atoms with van der Waals surface area (Å²) in [5.41, 5.74) is 0. The van der Waals surface area contributed by atoms with Crippen molar-refractivity contribution in [2.24, 2.45) is 5.92 Å². The van der Waals surface area contributed by atoms with E-state index in [4.69, 9.17) is 5.11 Å². The summed E-state index contributed by atoms with van der Waals surface area (Å²) in [7, 11) is 0. The highest BCUT2D eigenvalue weighted by atomic mass is 19.1. The standard InChI is InChI=1S/C7H9FO/c8-7-3-1-6(5-9)2-4-7/h1,3-4,6,9H,2,5H2/t6-/m0/s1. The molecule has 0 saturated carbocycles. The summed E-state index contributed by atoms with van der Waals surface area (Å²) in [6, 6.07) is 0. The van der Waals surface area contributed by atoms with Gasteiger partial charge in [-0.15, -0.1) is 0 Å². The minimum Gasteiger partial charge on any atom is -0.396 e. The van der Waals surface area contributed by atoms with Crippen LogP contribution in [-0.4, -0.2) is 11.7 Å². The lowest BCUT2D eigenvalue weighted by molar-refractivity contribution is 0.252. The van der Waals surface area contributed by atoms with Crippen LogP contribution in [0.15, 0.2) is 24.1 Å². The van der Waals surface area contributed by atoms with Gasteiger partial charge in [-0.1, -0.05) is 6.08 Å². The van der Waals surface area contributed by atoms with Crippen molar-refractivity contribution in [3.8, 4) is 0 Å². The van der Waals surface area contributed by atoms with E-state index in [9.17, 15) is 4.39 Å². The van der Waals surface area contributed by atoms with E-state index >= 15 is 0 Å². The molecule has 0 aromatic heterocycles. The molecule has 0 aliphatic heterocycles. The largest absolute Gasteiger partial charge is 0.396 e. The molecule has 0 unspecified atom stereocenters. The Hall–Kier alpha value is -0.630. The SMILES string of the molecule is OC[C@H]1C=CC(F)=CC1. The average molecular weight is 128 g/mol. The Balaban J connectivity index is 2.48. The lowest BCUT2D eigenvalue weighted by atomic mass is 10.0. The normalized spacial score (nSPS) is 26.0. The molecule has 0 aromatic rings. The quantitative estimate of drug-likeness (QED) is 0.566. The number of aliphatic hydroxyl groups is 1. The Morgan fingerprint density at radius 1 is 1.78 bits per heavy atom. The number of aliphatic hydroxyl groups excluding tert-OH is 1. The molecule has 9 heavy (non-hydrogen) atoms. The Kier molecular flexibility index (Phi) is 2.01. The molecule has 1 nitrogen and oxygen atoms in total. The summed E-state index contributed by atoms with van der Waals surface area (Å²) < 4.78 is 12.2. The van der Waals surface area contributed by atoms with Gasteiger partial charge in [-0.25, -0.2) is 4.39 Å². The van der Waals surface area contributed by atoms with Gasteiger partial charge in [-0.3, -0.25) is 0 Å². The number of allylic oxidation sites excluding steroid dienone is 3. The molecule has 2 heteroatoms. The van der Waals surface area contributed by atoms with Gasteiger partial charge in [0.25, 0.3) is 0 Å². The van der Waals surface area contributed by atoms with Gasteiger partial charge in [0.15, 0.2) is 0 Å². The van der Waals surface area contributed by atoms with E-state index in [1.807, 2.05) is 0 Å². The first-order valence-electron chi connectivity index (χ1n) is 2.97. The van der Waals surface area contributed by atoms with Crippen LogP contribution in [0, 0.1) is 5.92 Å². The van der Waals surface area contributed by atoms with Crippen LogP contribution < -0.4 is 0 Å². The van der Waals surface area contributed by atoms with Crippen LogP contribution in [-0.2, 0) is 0 Å². The molecule has 1 atom stereocenters. The molecule has 0 fully saturated rings. The Bertz CT molecular complexity index is 149. The highest BCUT2D eigenvalue weighted by Gasteiger charge is 2.05. The first kappa shape index (κ1) is 6.49. The number of hydrogen-bond donors (Lipinski definition) is 1. The fourth-order valence-electron chi connectivity index (χ4n) is 0.774. The summed E-state index contributed by atoms with van der Waals surface area (Å²) in [6.45, 7) is 0.111. The second-order valence-electron chi connectivity index (χ2n) is 2.13. The van der Waals surface area contributed by atoms with Crippen LogP contribution in [0.4, 0.5) is 4.39 Å². The molecular formula is C7H9FO. The molecule has 0 radical (unpaired) electrons. The summed E-state index contributed by atoms with van der Waals surface area (Å²) in [5, 5.41) is 8.57. The zero-order valence-corrected chi connectivity index (χ0v) is 5.05. The topological polar surface area (TPSA) is 20.2 Å². The monoisotopic (exact) mass is 128 g/mol. The Morgan fingerprint density at radius 2 is 2.56 bits per heavy atom. The van der Waals surface area contributed by atoms with E-state index < -0.39 is 0 Å². The van der Waals surface area contributed by atoms with Crippen molar-refractivity contribution in [1.29, 1.82) is 0 Å². The molecule has 1 aliphatic rings. The van der Waals surface area contributed by atoms with Crippen molar-refractivity contribution in [1.82, 2.24) is 0 Å². The fraction of sp³-hybridized carbons (Fsp3) is 0.429. The zero-order chi connectivity index (χ0) is 6.69. The lowest BCUT2D eigenvalue weighted by Gasteiger charge is -2.08. The molecule has 0 amide bonds. The molecule has 1 N–H and O–H groups in total. The summed E-state index contributed by atoms with van der Waals surface area (Å²) in [5.74, 6) is -0.0656. The van der Waals surface area contributed by atoms with E-state index in [-0.39, 0.29) is 18.4 Å². The minimum atomic E-state index is -0.195. The van der Waals surface area contributed by atoms with Gasteiger partial charge < -0.3 is 5.11 Å². The van der Waals surface area contributed by atoms with Gasteiger partial charge in [0.05, 0.1) is 0 Å². The number of rotatable bonds is 1. The minimum absolute atomic E-state index is 0.111. The van der Waals surface area contributed by atoms with Crippen molar-refractivity contribution in [3.63, 3.8) is 0 Å². The molecular weight excluding hydrogens is 119 g/mol. The molecule has 0 spiro atoms. The molecule has 0 heterocycles. The Labute approximate surface area is 53.5 Å². The highest BCUT2D eigenvalue weighted by Crippen LogP contribution is 2.15. The second-order valence-corrected chi connectivity index (χ2v) is 2.13. The maximum absolute atomic E-state index is 12.2. The average Bonchev–Trinajstić information content (AvgIpc) is 1.90. The first-order valence-corrected chi connectivity index (χ1v) is 2.97. The van der Waals surface area contributed by atoms with Crippen LogP contribution in [0.3, 0.4) is 0 Å². The van der Waals surface area contributed by atoms with Crippen molar-refractivity contribution in [2.45, 2.75) is 6.42 Å². The van der Waals surface area contributed by atoms with Gasteiger partial charge >= 0.3 is 0 Å². The lowest BCUT2D eigenvalue weighted by Crippen LogP contribution is -2.03. The summed E-state index contributed by atoms with van der Waals surface area (Å²) in [4.78, 5) is 0. The van der Waals surface area contributed by atoms with Crippen LogP contribution in [0.2, 0.25) is 0 Å². The maximum atomic E-state index is 12.2. The number of halogens is 1. The molecule has 0 bridgehead atoms. The fourth-order valence-corrected chi connectivity index (χ4v) is 0.774. The van der Waals surface area contributed by atoms with Gasteiger partial charge in [-0.05, 0) is 18.6 Å². The van der Waals surface area contributed by atoms with E-state index in [0.29, 0.717) is 6.42 Å². The van der Waals surface area contributed by atoms with Crippen LogP contribution in [0.25, 0.3) is 0 Å². The van der Waals surface area contributed by atoms with Crippen molar-refractivity contribution >= 4 is 0 Å². The molecule has 1 aliphatic carbocycles. The van der Waals surface area contributed by atoms with Gasteiger partial charge in [-0.2, -0.15) is 0 Å². The third-order valence-corrected chi connectivity index (χ3v) is 1.38. The molecule has 1 rings (SSSR count). The van der Waals surface area contributed by atoms with Crippen molar-refractivity contribution < 1.29 is 9.50 Å². The molecule has 0 saturated heterocycles. The predicted molar refractivity (Wildman–Crippen MR) is 33.5 cm³/mol. The van der Waals surface area contributed by atoms with E-state index in [1.54, 1.807) is 6.08 Å². The predicted octanol–water partition coefficient (Wildman–Crippen LogP) is 1.41. The van der Waals surface area contributed by atoms with Crippen molar-refractivity contribution in [2.75, 3.05) is 6.61 Å². The Morgan fingerprint density at radius 3 is 3.00 bits per heavy atom. The molecule has 50 valence electrons. The number of hydrogen-bond acceptors (Lipinski definition) is 1. The smallest absolute Gasteiger partial charge is 0.118 e. The van der Waals surface area contributed by atoms with Crippen LogP contribution in [0.1, 0.15) is 6.42 Å². The van der Waals surface area contributed by atoms with E-state index in [2.05, 4.69) is 0 Å². The highest BCUT2D eigenvalue weighted by molar-refractivity contribution is 5.17. The molecule has 0 aromatic carbocycles. The van der Waals surface area contributed by atoms with Crippen LogP contribution >= 0.6 is 0 Å². The third kappa shape index (κ3) is 1.64. The first-order chi connectivity index (χ1) is 4.33. The van der Waals surface area contributed by atoms with Crippen molar-refractivity contribution in [3.05, 3.63) is 24.1 Å². The van der Waals surface area contributed by atoms with Gasteiger partial charge in [0.1, 0.15) is 5.83 Å².